The summed E-state index contributed by atoms with van der Waals surface area (Å²) in [6.07, 6.45) is 1.18. The Labute approximate surface area is 127 Å². The molecule has 0 radical (unpaired) electrons. The van der Waals surface area contributed by atoms with Gasteiger partial charge >= 0.3 is 0 Å². The molecule has 1 aliphatic rings. The van der Waals surface area contributed by atoms with Gasteiger partial charge in [0.25, 0.3) is 5.56 Å². The molecule has 9 heteroatoms. The number of aliphatic hydroxyl groups excluding tert-OH is 1. The molecule has 22 heavy (non-hydrogen) atoms. The maximum Gasteiger partial charge on any atom is 0.279 e. The third kappa shape index (κ3) is 1.86. The van der Waals surface area contributed by atoms with Crippen molar-refractivity contribution < 1.29 is 22.8 Å². The maximum atomic E-state index is 11.9. The van der Waals surface area contributed by atoms with E-state index in [1.807, 2.05) is 5.92 Å². The fourth-order valence-corrected chi connectivity index (χ4v) is 2.44. The van der Waals surface area contributed by atoms with Gasteiger partial charge in [-0.05, 0) is 6.92 Å². The number of rotatable bonds is 2. The highest BCUT2D eigenvalue weighted by atomic mass is 16.6. The zero-order valence-corrected chi connectivity index (χ0v) is 11.4. The van der Waals surface area contributed by atoms with E-state index in [9.17, 15) is 20.1 Å². The number of aryl methyl sites for hydroxylation is 1. The van der Waals surface area contributed by atoms with Gasteiger partial charge in [0.05, 0.1) is 15.6 Å². The molecule has 1 fully saturated rings. The minimum atomic E-state index is -2.96. The van der Waals surface area contributed by atoms with Crippen molar-refractivity contribution in [3.05, 3.63) is 22.5 Å². The van der Waals surface area contributed by atoms with Gasteiger partial charge in [0.15, 0.2) is 23.0 Å². The molecule has 0 saturated carbocycles. The van der Waals surface area contributed by atoms with Gasteiger partial charge in [0, 0.05) is 0 Å². The SMILES string of the molecule is [2H]C([2H])(O)[C@H]1O[C@@H](n2cnc3c(=O)[nH]c(C)nc32)C(O)(C#C)[C@H]1O. The lowest BCUT2D eigenvalue weighted by atomic mass is 9.95. The summed E-state index contributed by atoms with van der Waals surface area (Å²) in [5.41, 5.74) is -2.91. The summed E-state index contributed by atoms with van der Waals surface area (Å²) in [6, 6.07) is 0. The monoisotopic (exact) mass is 308 g/mol. The number of aromatic nitrogens is 4. The highest BCUT2D eigenvalue weighted by molar-refractivity contribution is 5.69. The number of imidazole rings is 1. The van der Waals surface area contributed by atoms with Gasteiger partial charge in [0.2, 0.25) is 0 Å². The van der Waals surface area contributed by atoms with Gasteiger partial charge < -0.3 is 25.0 Å². The van der Waals surface area contributed by atoms with Crippen molar-refractivity contribution in [1.29, 1.82) is 0 Å². The Morgan fingerprint density at radius 3 is 3.09 bits per heavy atom. The standard InChI is InChI=1S/C13H14N4O5/c1-3-13(21)9(19)7(4-18)22-12(13)17-5-14-8-10(17)15-6(2)16-11(8)20/h1,5,7,9,12,18-19,21H,4H2,2H3,(H,15,16,20)/t7-,9+,12-,13?/m1/s1/i4D2. The Balaban J connectivity index is 2.19. The number of aromatic amines is 1. The molecule has 1 saturated heterocycles. The first-order valence-electron chi connectivity index (χ1n) is 7.29. The molecule has 3 rings (SSSR count). The number of hydrogen-bond donors (Lipinski definition) is 4. The topological polar surface area (TPSA) is 133 Å². The van der Waals surface area contributed by atoms with Crippen LogP contribution in [-0.4, -0.2) is 59.2 Å². The molecule has 1 aliphatic heterocycles. The van der Waals surface area contributed by atoms with Gasteiger partial charge in [-0.3, -0.25) is 9.36 Å². The van der Waals surface area contributed by atoms with E-state index < -0.39 is 36.2 Å². The number of ether oxygens (including phenoxy) is 1. The molecule has 0 aliphatic carbocycles. The van der Waals surface area contributed by atoms with Crippen molar-refractivity contribution in [2.24, 2.45) is 0 Å². The van der Waals surface area contributed by atoms with E-state index in [0.29, 0.717) is 0 Å². The number of hydrogen-bond acceptors (Lipinski definition) is 7. The van der Waals surface area contributed by atoms with Crippen LogP contribution in [0.15, 0.2) is 11.1 Å². The average Bonchev–Trinajstić information content (AvgIpc) is 2.99. The first-order valence-corrected chi connectivity index (χ1v) is 6.29. The lowest BCUT2D eigenvalue weighted by Crippen LogP contribution is -2.45. The second-order valence-corrected chi connectivity index (χ2v) is 4.93. The summed E-state index contributed by atoms with van der Waals surface area (Å²) in [5, 5.41) is 30.2. The van der Waals surface area contributed by atoms with E-state index in [1.54, 1.807) is 0 Å². The first kappa shape index (κ1) is 12.3. The van der Waals surface area contributed by atoms with Gasteiger partial charge in [-0.2, -0.15) is 0 Å². The van der Waals surface area contributed by atoms with Gasteiger partial charge in [-0.25, -0.2) is 9.97 Å². The predicted molar refractivity (Wildman–Crippen MR) is 73.7 cm³/mol. The molecule has 3 heterocycles. The number of fused-ring (bicyclic) bond motifs is 1. The molecule has 1 unspecified atom stereocenters. The van der Waals surface area contributed by atoms with Crippen LogP contribution in [0, 0.1) is 19.3 Å². The van der Waals surface area contributed by atoms with Gasteiger partial charge in [0.1, 0.15) is 18.0 Å². The molecule has 4 N–H and O–H groups in total. The Kier molecular flexibility index (Phi) is 2.74. The van der Waals surface area contributed by atoms with E-state index in [2.05, 4.69) is 15.0 Å². The average molecular weight is 308 g/mol. The molecule has 0 spiro atoms. The zero-order chi connectivity index (χ0) is 17.9. The Morgan fingerprint density at radius 1 is 1.73 bits per heavy atom. The second-order valence-electron chi connectivity index (χ2n) is 4.93. The minimum Gasteiger partial charge on any atom is -0.394 e. The molecule has 2 aromatic rings. The molecular formula is C13H14N4O5. The predicted octanol–water partition coefficient (Wildman–Crippen LogP) is -1.96. The Bertz CT molecular complexity index is 898. The molecule has 0 amide bonds. The second kappa shape index (κ2) is 4.89. The van der Waals surface area contributed by atoms with Crippen LogP contribution < -0.4 is 5.56 Å². The van der Waals surface area contributed by atoms with Crippen LogP contribution in [0.2, 0.25) is 0 Å². The van der Waals surface area contributed by atoms with Gasteiger partial charge in [-0.1, -0.05) is 5.92 Å². The Morgan fingerprint density at radius 2 is 2.45 bits per heavy atom. The first-order chi connectivity index (χ1) is 11.1. The number of terminal acetylenes is 1. The van der Waals surface area contributed by atoms with Crippen molar-refractivity contribution in [2.45, 2.75) is 31.0 Å². The third-order valence-electron chi connectivity index (χ3n) is 3.55. The maximum absolute atomic E-state index is 11.9. The van der Waals surface area contributed by atoms with E-state index in [0.717, 1.165) is 10.9 Å². The number of aliphatic hydroxyl groups is 3. The van der Waals surface area contributed by atoms with Crippen molar-refractivity contribution in [3.63, 3.8) is 0 Å². The summed E-state index contributed by atoms with van der Waals surface area (Å²) in [4.78, 5) is 22.3. The molecule has 116 valence electrons. The zero-order valence-electron chi connectivity index (χ0n) is 13.4. The molecule has 0 aromatic carbocycles. The van der Waals surface area contributed by atoms with Gasteiger partial charge in [-0.15, -0.1) is 6.42 Å². The smallest absolute Gasteiger partial charge is 0.279 e. The van der Waals surface area contributed by atoms with E-state index in [4.69, 9.17) is 13.9 Å². The van der Waals surface area contributed by atoms with Crippen LogP contribution in [0.3, 0.4) is 0 Å². The van der Waals surface area contributed by atoms with Crippen LogP contribution in [0.1, 0.15) is 14.8 Å². The fraction of sp³-hybridized carbons (Fsp3) is 0.462. The lowest BCUT2D eigenvalue weighted by Gasteiger charge is -2.26. The molecule has 4 atom stereocenters. The quantitative estimate of drug-likeness (QED) is 0.473. The van der Waals surface area contributed by atoms with Crippen LogP contribution in [0.5, 0.6) is 0 Å². The largest absolute Gasteiger partial charge is 0.394 e. The summed E-state index contributed by atoms with van der Waals surface area (Å²) in [5.74, 6) is 2.23. The van der Waals surface area contributed by atoms with Crippen LogP contribution in [0.4, 0.5) is 0 Å². The summed E-state index contributed by atoms with van der Waals surface area (Å²) < 4.78 is 21.0. The Hall–Kier alpha value is -2.25. The number of nitrogens with one attached hydrogen (secondary N) is 1. The summed E-state index contributed by atoms with van der Waals surface area (Å²) >= 11 is 0. The summed E-state index contributed by atoms with van der Waals surface area (Å²) in [7, 11) is 0. The highest BCUT2D eigenvalue weighted by Gasteiger charge is 2.55. The van der Waals surface area contributed by atoms with E-state index in [-0.39, 0.29) is 17.0 Å². The van der Waals surface area contributed by atoms with Crippen LogP contribution in [-0.2, 0) is 4.74 Å². The van der Waals surface area contributed by atoms with Crippen LogP contribution >= 0.6 is 0 Å². The van der Waals surface area contributed by atoms with Crippen molar-refractivity contribution in [2.75, 3.05) is 6.56 Å². The summed E-state index contributed by atoms with van der Waals surface area (Å²) in [6.45, 7) is -1.43. The molecule has 9 nitrogen and oxygen atoms in total. The van der Waals surface area contributed by atoms with Crippen LogP contribution in [0.25, 0.3) is 11.2 Å². The van der Waals surface area contributed by atoms with Crippen molar-refractivity contribution in [3.8, 4) is 12.3 Å². The van der Waals surface area contributed by atoms with E-state index in [1.165, 1.54) is 6.92 Å². The highest BCUT2D eigenvalue weighted by Crippen LogP contribution is 2.38. The van der Waals surface area contributed by atoms with Crippen molar-refractivity contribution in [1.82, 2.24) is 19.5 Å². The normalized spacial score (nSPS) is 33.5. The minimum absolute atomic E-state index is 0.0290. The fourth-order valence-electron chi connectivity index (χ4n) is 2.44. The number of H-pyrrole nitrogens is 1. The van der Waals surface area contributed by atoms with E-state index >= 15 is 0 Å². The lowest BCUT2D eigenvalue weighted by molar-refractivity contribution is -0.0721. The number of nitrogens with zero attached hydrogens (tertiary/aromatic N) is 3. The molecular weight excluding hydrogens is 292 g/mol. The molecule has 0 bridgehead atoms. The van der Waals surface area contributed by atoms with Crippen molar-refractivity contribution >= 4 is 11.2 Å². The third-order valence-corrected chi connectivity index (χ3v) is 3.55. The molecule has 2 aromatic heterocycles.